The first-order chi connectivity index (χ1) is 10.6. The largest absolute Gasteiger partial charge is 0.449 e. The predicted molar refractivity (Wildman–Crippen MR) is 107 cm³/mol. The second kappa shape index (κ2) is 7.08. The van der Waals surface area contributed by atoms with Crippen LogP contribution in [0.5, 0.6) is 0 Å². The summed E-state index contributed by atoms with van der Waals surface area (Å²) in [6, 6.07) is 0. The Morgan fingerprint density at radius 2 is 1.91 bits per heavy atom. The van der Waals surface area contributed by atoms with Crippen molar-refractivity contribution in [2.75, 3.05) is 0 Å². The average molecular weight is 347 g/mol. The molecule has 0 saturated heterocycles. The Labute approximate surface area is 145 Å². The Balaban J connectivity index is 1.84. The maximum Gasteiger partial charge on any atom is 0.198 e. The molecule has 3 heteroatoms. The minimum absolute atomic E-state index is 0.809. The SMILES string of the molecule is C=C[Si](C)(C)O[Si](C)(C)C=CC=C1CC1CC1C=C(C)CC1C. The Hall–Kier alpha value is -0.646. The van der Waals surface area contributed by atoms with Crippen LogP contribution in [0.3, 0.4) is 0 Å². The van der Waals surface area contributed by atoms with Crippen molar-refractivity contribution in [1.29, 1.82) is 0 Å². The van der Waals surface area contributed by atoms with Crippen LogP contribution in [0.25, 0.3) is 0 Å². The standard InChI is InChI=1S/C20H34OSi2/c1-8-22(4,5)21-23(6,7)11-9-10-18-14-20(18)15-19-13-16(2)12-17(19)3/h8-11,13,17,19-20H,1,12,14-15H2,2-7H3. The zero-order valence-corrected chi connectivity index (χ0v) is 17.9. The molecule has 2 rings (SSSR count). The highest BCUT2D eigenvalue weighted by Gasteiger charge is 2.34. The van der Waals surface area contributed by atoms with E-state index in [-0.39, 0.29) is 0 Å². The van der Waals surface area contributed by atoms with Gasteiger partial charge in [-0.3, -0.25) is 0 Å². The molecule has 2 aliphatic carbocycles. The summed E-state index contributed by atoms with van der Waals surface area (Å²) in [4.78, 5) is 0. The third-order valence-corrected chi connectivity index (χ3v) is 11.3. The quantitative estimate of drug-likeness (QED) is 0.395. The van der Waals surface area contributed by atoms with E-state index < -0.39 is 16.6 Å². The van der Waals surface area contributed by atoms with Gasteiger partial charge in [0.15, 0.2) is 16.6 Å². The molecule has 1 fully saturated rings. The third kappa shape index (κ3) is 5.73. The van der Waals surface area contributed by atoms with Gasteiger partial charge in [-0.05, 0) is 70.1 Å². The summed E-state index contributed by atoms with van der Waals surface area (Å²) in [6.45, 7) is 17.6. The Morgan fingerprint density at radius 1 is 1.22 bits per heavy atom. The first kappa shape index (κ1) is 18.7. The molecule has 3 atom stereocenters. The lowest BCUT2D eigenvalue weighted by molar-refractivity contribution is 0.417. The number of hydrogen-bond donors (Lipinski definition) is 0. The second-order valence-electron chi connectivity index (χ2n) is 8.61. The van der Waals surface area contributed by atoms with Crippen LogP contribution in [0.4, 0.5) is 0 Å². The highest BCUT2D eigenvalue weighted by atomic mass is 28.4. The van der Waals surface area contributed by atoms with Crippen molar-refractivity contribution in [3.05, 3.63) is 47.4 Å². The fourth-order valence-corrected chi connectivity index (χ4v) is 10.3. The maximum absolute atomic E-state index is 6.37. The number of hydrogen-bond acceptors (Lipinski definition) is 1. The zero-order chi connectivity index (χ0) is 17.3. The Morgan fingerprint density at radius 3 is 2.48 bits per heavy atom. The van der Waals surface area contributed by atoms with Gasteiger partial charge >= 0.3 is 0 Å². The van der Waals surface area contributed by atoms with E-state index in [0.29, 0.717) is 0 Å². The van der Waals surface area contributed by atoms with E-state index in [1.54, 1.807) is 11.1 Å². The summed E-state index contributed by atoms with van der Waals surface area (Å²) in [5, 5.41) is 0. The minimum atomic E-state index is -1.72. The average Bonchev–Trinajstić information content (AvgIpc) is 3.06. The first-order valence-electron chi connectivity index (χ1n) is 9.01. The summed E-state index contributed by atoms with van der Waals surface area (Å²) in [5.41, 5.74) is 7.59. The highest BCUT2D eigenvalue weighted by molar-refractivity contribution is 6.89. The van der Waals surface area contributed by atoms with Crippen LogP contribution >= 0.6 is 0 Å². The van der Waals surface area contributed by atoms with Crippen LogP contribution in [0, 0.1) is 17.8 Å². The minimum Gasteiger partial charge on any atom is -0.449 e. The topological polar surface area (TPSA) is 9.23 Å². The molecule has 3 unspecified atom stereocenters. The molecule has 0 aromatic heterocycles. The van der Waals surface area contributed by atoms with Crippen molar-refractivity contribution in [3.63, 3.8) is 0 Å². The zero-order valence-electron chi connectivity index (χ0n) is 15.9. The Kier molecular flexibility index (Phi) is 5.75. The van der Waals surface area contributed by atoms with Gasteiger partial charge in [0, 0.05) is 0 Å². The van der Waals surface area contributed by atoms with Crippen LogP contribution in [-0.4, -0.2) is 16.6 Å². The van der Waals surface area contributed by atoms with Crippen LogP contribution in [0.1, 0.15) is 33.1 Å². The molecule has 128 valence electrons. The molecule has 0 bridgehead atoms. The molecule has 1 nitrogen and oxygen atoms in total. The van der Waals surface area contributed by atoms with Gasteiger partial charge in [-0.1, -0.05) is 47.7 Å². The smallest absolute Gasteiger partial charge is 0.198 e. The highest BCUT2D eigenvalue weighted by Crippen LogP contribution is 2.46. The van der Waals surface area contributed by atoms with Gasteiger partial charge in [0.1, 0.15) is 0 Å². The number of allylic oxidation sites excluding steroid dienone is 5. The molecule has 2 aliphatic rings. The lowest BCUT2D eigenvalue weighted by atomic mass is 9.92. The molecule has 0 aromatic rings. The molecule has 0 aliphatic heterocycles. The van der Waals surface area contributed by atoms with Gasteiger partial charge < -0.3 is 4.12 Å². The predicted octanol–water partition coefficient (Wildman–Crippen LogP) is 6.17. The van der Waals surface area contributed by atoms with Gasteiger partial charge in [-0.25, -0.2) is 0 Å². The summed E-state index contributed by atoms with van der Waals surface area (Å²) >= 11 is 0. The van der Waals surface area contributed by atoms with E-state index in [1.807, 2.05) is 5.70 Å². The molecule has 0 N–H and O–H groups in total. The van der Waals surface area contributed by atoms with Crippen LogP contribution in [0.15, 0.2) is 47.4 Å². The third-order valence-electron chi connectivity index (χ3n) is 5.10. The van der Waals surface area contributed by atoms with E-state index in [2.05, 4.69) is 70.5 Å². The van der Waals surface area contributed by atoms with Gasteiger partial charge in [0.05, 0.1) is 0 Å². The van der Waals surface area contributed by atoms with E-state index in [1.165, 1.54) is 19.3 Å². The number of rotatable bonds is 7. The van der Waals surface area contributed by atoms with Crippen LogP contribution in [0.2, 0.25) is 26.2 Å². The normalized spacial score (nSPS) is 30.1. The summed E-state index contributed by atoms with van der Waals surface area (Å²) in [7, 11) is -3.40. The maximum atomic E-state index is 6.37. The summed E-state index contributed by atoms with van der Waals surface area (Å²) < 4.78 is 6.37. The van der Waals surface area contributed by atoms with E-state index in [9.17, 15) is 0 Å². The molecule has 0 radical (unpaired) electrons. The van der Waals surface area contributed by atoms with Crippen molar-refractivity contribution < 1.29 is 4.12 Å². The molecule has 0 aromatic carbocycles. The molecule has 0 spiro atoms. The fraction of sp³-hybridized carbons (Fsp3) is 0.600. The first-order valence-corrected chi connectivity index (χ1v) is 15.0. The molecular formula is C20H34OSi2. The van der Waals surface area contributed by atoms with Crippen molar-refractivity contribution in [1.82, 2.24) is 0 Å². The van der Waals surface area contributed by atoms with Crippen molar-refractivity contribution in [2.24, 2.45) is 17.8 Å². The Bertz CT molecular complexity index is 540. The van der Waals surface area contributed by atoms with Crippen LogP contribution in [-0.2, 0) is 4.12 Å². The van der Waals surface area contributed by atoms with Gasteiger partial charge in [0.25, 0.3) is 0 Å². The molecule has 0 amide bonds. The van der Waals surface area contributed by atoms with Gasteiger partial charge in [0.2, 0.25) is 0 Å². The lowest BCUT2D eigenvalue weighted by Crippen LogP contribution is -2.42. The lowest BCUT2D eigenvalue weighted by Gasteiger charge is -2.29. The van der Waals surface area contributed by atoms with Gasteiger partial charge in [-0.15, -0.1) is 6.58 Å². The summed E-state index contributed by atoms with van der Waals surface area (Å²) in [5.74, 6) is 2.49. The fourth-order valence-electron chi connectivity index (χ4n) is 3.71. The monoisotopic (exact) mass is 346 g/mol. The van der Waals surface area contributed by atoms with E-state index in [0.717, 1.165) is 17.8 Å². The second-order valence-corrected chi connectivity index (χ2v) is 16.6. The molecule has 0 heterocycles. The van der Waals surface area contributed by atoms with Crippen molar-refractivity contribution in [3.8, 4) is 0 Å². The van der Waals surface area contributed by atoms with E-state index >= 15 is 0 Å². The van der Waals surface area contributed by atoms with Crippen LogP contribution < -0.4 is 0 Å². The van der Waals surface area contributed by atoms with Crippen molar-refractivity contribution >= 4 is 16.6 Å². The van der Waals surface area contributed by atoms with Gasteiger partial charge in [-0.2, -0.15) is 0 Å². The molecular weight excluding hydrogens is 312 g/mol. The molecule has 23 heavy (non-hydrogen) atoms. The summed E-state index contributed by atoms with van der Waals surface area (Å²) in [6.07, 6.45) is 11.1. The van der Waals surface area contributed by atoms with E-state index in [4.69, 9.17) is 4.12 Å². The van der Waals surface area contributed by atoms with Crippen molar-refractivity contribution in [2.45, 2.75) is 59.3 Å². The molecule has 1 saturated carbocycles.